The molecule has 3 heteroatoms. The van der Waals surface area contributed by atoms with E-state index < -0.39 is 0 Å². The number of rotatable bonds is 8. The minimum absolute atomic E-state index is 0.378. The first-order chi connectivity index (χ1) is 5.81. The smallest absolute Gasteiger partial charge is 0.0795 e. The van der Waals surface area contributed by atoms with Crippen molar-refractivity contribution < 1.29 is 14.6 Å². The second-order valence-corrected chi connectivity index (χ2v) is 2.86. The Bertz CT molecular complexity index is 85.8. The van der Waals surface area contributed by atoms with Crippen LogP contribution in [0.2, 0.25) is 0 Å². The van der Waals surface area contributed by atoms with Crippen molar-refractivity contribution in [1.29, 1.82) is 0 Å². The molecule has 0 aliphatic heterocycles. The van der Waals surface area contributed by atoms with E-state index in [4.69, 9.17) is 9.47 Å². The Morgan fingerprint density at radius 1 is 1.33 bits per heavy atom. The molecule has 0 heterocycles. The number of hydrogen-bond donors (Lipinski definition) is 1. The van der Waals surface area contributed by atoms with E-state index >= 15 is 0 Å². The third-order valence-corrected chi connectivity index (χ3v) is 1.60. The summed E-state index contributed by atoms with van der Waals surface area (Å²) in [5.74, 6) is 0. The van der Waals surface area contributed by atoms with Gasteiger partial charge >= 0.3 is 0 Å². The Morgan fingerprint density at radius 3 is 2.67 bits per heavy atom. The zero-order chi connectivity index (χ0) is 9.23. The van der Waals surface area contributed by atoms with Crippen molar-refractivity contribution in [2.45, 2.75) is 32.3 Å². The Morgan fingerprint density at radius 2 is 2.08 bits per heavy atom. The molecule has 0 aromatic heterocycles. The topological polar surface area (TPSA) is 38.7 Å². The molecule has 0 spiro atoms. The average molecular weight is 176 g/mol. The number of aliphatic hydroxyl groups excluding tert-OH is 1. The van der Waals surface area contributed by atoms with Crippen molar-refractivity contribution in [2.75, 3.05) is 26.9 Å². The van der Waals surface area contributed by atoms with Crippen LogP contribution in [0, 0.1) is 0 Å². The summed E-state index contributed by atoms with van der Waals surface area (Å²) in [6.45, 7) is 3.96. The number of methoxy groups -OCH3 is 1. The lowest BCUT2D eigenvalue weighted by Gasteiger charge is -2.08. The molecule has 12 heavy (non-hydrogen) atoms. The highest BCUT2D eigenvalue weighted by Gasteiger charge is 2.01. The molecule has 3 nitrogen and oxygen atoms in total. The summed E-state index contributed by atoms with van der Waals surface area (Å²) in [6.07, 6.45) is 2.54. The van der Waals surface area contributed by atoms with Crippen LogP contribution in [0.25, 0.3) is 0 Å². The van der Waals surface area contributed by atoms with Crippen LogP contribution < -0.4 is 0 Å². The van der Waals surface area contributed by atoms with Crippen molar-refractivity contribution >= 4 is 0 Å². The first-order valence-corrected chi connectivity index (χ1v) is 4.56. The van der Waals surface area contributed by atoms with Gasteiger partial charge in [-0.25, -0.2) is 0 Å². The maximum Gasteiger partial charge on any atom is 0.0795 e. The number of hydrogen-bond acceptors (Lipinski definition) is 3. The Kier molecular flexibility index (Phi) is 8.88. The molecule has 0 bridgehead atoms. The summed E-state index contributed by atoms with van der Waals surface area (Å²) in [5.41, 5.74) is 0. The van der Waals surface area contributed by atoms with E-state index in [9.17, 15) is 5.11 Å². The summed E-state index contributed by atoms with van der Waals surface area (Å²) in [4.78, 5) is 0. The third kappa shape index (κ3) is 7.98. The predicted molar refractivity (Wildman–Crippen MR) is 48.2 cm³/mol. The Labute approximate surface area is 74.7 Å². The van der Waals surface area contributed by atoms with Gasteiger partial charge in [0.05, 0.1) is 12.7 Å². The molecule has 0 aliphatic rings. The van der Waals surface area contributed by atoms with Crippen molar-refractivity contribution in [3.63, 3.8) is 0 Å². The van der Waals surface area contributed by atoms with Gasteiger partial charge < -0.3 is 14.6 Å². The molecule has 0 saturated heterocycles. The second kappa shape index (κ2) is 8.97. The molecule has 0 radical (unpaired) electrons. The van der Waals surface area contributed by atoms with Gasteiger partial charge in [-0.15, -0.1) is 0 Å². The van der Waals surface area contributed by atoms with Gasteiger partial charge in [-0.05, 0) is 12.8 Å². The number of ether oxygens (including phenoxy) is 2. The SMILES string of the molecule is CCCCOCCC(O)COC. The zero-order valence-electron chi connectivity index (χ0n) is 8.08. The van der Waals surface area contributed by atoms with E-state index in [-0.39, 0.29) is 6.10 Å². The number of aliphatic hydroxyl groups is 1. The molecular weight excluding hydrogens is 156 g/mol. The lowest BCUT2D eigenvalue weighted by molar-refractivity contribution is 0.0313. The largest absolute Gasteiger partial charge is 0.391 e. The predicted octanol–water partition coefficient (Wildman–Crippen LogP) is 1.20. The summed E-state index contributed by atoms with van der Waals surface area (Å²) in [5, 5.41) is 9.20. The van der Waals surface area contributed by atoms with Gasteiger partial charge in [0, 0.05) is 20.3 Å². The first kappa shape index (κ1) is 11.9. The van der Waals surface area contributed by atoms with Crippen LogP contribution in [0.15, 0.2) is 0 Å². The van der Waals surface area contributed by atoms with Gasteiger partial charge in [-0.1, -0.05) is 13.3 Å². The molecule has 0 aromatic rings. The maximum absolute atomic E-state index is 9.20. The van der Waals surface area contributed by atoms with Crippen LogP contribution in [0.4, 0.5) is 0 Å². The van der Waals surface area contributed by atoms with Gasteiger partial charge in [0.15, 0.2) is 0 Å². The maximum atomic E-state index is 9.20. The quantitative estimate of drug-likeness (QED) is 0.565. The zero-order valence-corrected chi connectivity index (χ0v) is 8.08. The Balaban J connectivity index is 2.97. The fourth-order valence-electron chi connectivity index (χ4n) is 0.844. The fourth-order valence-corrected chi connectivity index (χ4v) is 0.844. The summed E-state index contributed by atoms with van der Waals surface area (Å²) < 4.78 is 10.1. The molecular formula is C9H20O3. The third-order valence-electron chi connectivity index (χ3n) is 1.60. The highest BCUT2D eigenvalue weighted by molar-refractivity contribution is 4.51. The second-order valence-electron chi connectivity index (χ2n) is 2.86. The first-order valence-electron chi connectivity index (χ1n) is 4.56. The van der Waals surface area contributed by atoms with Gasteiger partial charge in [-0.3, -0.25) is 0 Å². The van der Waals surface area contributed by atoms with Gasteiger partial charge in [0.2, 0.25) is 0 Å². The molecule has 1 N–H and O–H groups in total. The normalized spacial score (nSPS) is 13.2. The average Bonchev–Trinajstić information content (AvgIpc) is 2.05. The van der Waals surface area contributed by atoms with E-state index in [0.29, 0.717) is 19.6 Å². The van der Waals surface area contributed by atoms with Crippen molar-refractivity contribution in [3.05, 3.63) is 0 Å². The summed E-state index contributed by atoms with van der Waals surface area (Å²) >= 11 is 0. The van der Waals surface area contributed by atoms with E-state index in [1.165, 1.54) is 0 Å². The van der Waals surface area contributed by atoms with E-state index in [0.717, 1.165) is 19.4 Å². The van der Waals surface area contributed by atoms with Crippen LogP contribution in [0.5, 0.6) is 0 Å². The van der Waals surface area contributed by atoms with Crippen LogP contribution in [-0.4, -0.2) is 38.1 Å². The lowest BCUT2D eigenvalue weighted by atomic mass is 10.3. The molecule has 0 rings (SSSR count). The fraction of sp³-hybridized carbons (Fsp3) is 1.00. The molecule has 1 atom stereocenters. The molecule has 0 aromatic carbocycles. The molecule has 0 aliphatic carbocycles. The monoisotopic (exact) mass is 176 g/mol. The van der Waals surface area contributed by atoms with Crippen molar-refractivity contribution in [2.24, 2.45) is 0 Å². The van der Waals surface area contributed by atoms with E-state index in [1.54, 1.807) is 7.11 Å². The van der Waals surface area contributed by atoms with Crippen LogP contribution in [0.1, 0.15) is 26.2 Å². The standard InChI is InChI=1S/C9H20O3/c1-3-4-6-12-7-5-9(10)8-11-2/h9-10H,3-8H2,1-2H3. The van der Waals surface area contributed by atoms with E-state index in [1.807, 2.05) is 0 Å². The molecule has 0 amide bonds. The molecule has 0 saturated carbocycles. The van der Waals surface area contributed by atoms with Crippen LogP contribution in [0.3, 0.4) is 0 Å². The van der Waals surface area contributed by atoms with Gasteiger partial charge in [0.25, 0.3) is 0 Å². The van der Waals surface area contributed by atoms with Crippen molar-refractivity contribution in [1.82, 2.24) is 0 Å². The van der Waals surface area contributed by atoms with Crippen molar-refractivity contribution in [3.8, 4) is 0 Å². The highest BCUT2D eigenvalue weighted by Crippen LogP contribution is 1.94. The summed E-state index contributed by atoms with van der Waals surface area (Å²) in [6, 6.07) is 0. The minimum Gasteiger partial charge on any atom is -0.391 e. The van der Waals surface area contributed by atoms with Crippen LogP contribution in [-0.2, 0) is 9.47 Å². The minimum atomic E-state index is -0.378. The Hall–Kier alpha value is -0.120. The van der Waals surface area contributed by atoms with Crippen LogP contribution >= 0.6 is 0 Å². The molecule has 0 fully saturated rings. The van der Waals surface area contributed by atoms with Gasteiger partial charge in [-0.2, -0.15) is 0 Å². The molecule has 1 unspecified atom stereocenters. The summed E-state index contributed by atoms with van der Waals surface area (Å²) in [7, 11) is 1.58. The number of unbranched alkanes of at least 4 members (excludes halogenated alkanes) is 1. The highest BCUT2D eigenvalue weighted by atomic mass is 16.5. The lowest BCUT2D eigenvalue weighted by Crippen LogP contribution is -2.16. The molecule has 74 valence electrons. The van der Waals surface area contributed by atoms with Gasteiger partial charge in [0.1, 0.15) is 0 Å². The van der Waals surface area contributed by atoms with E-state index in [2.05, 4.69) is 6.92 Å².